The first kappa shape index (κ1) is 11.7. The molecule has 1 rings (SSSR count). The van der Waals surface area contributed by atoms with Crippen molar-refractivity contribution in [2.45, 2.75) is 6.92 Å². The van der Waals surface area contributed by atoms with Crippen LogP contribution in [0.25, 0.3) is 0 Å². The summed E-state index contributed by atoms with van der Waals surface area (Å²) in [4.78, 5) is 10.5. The first-order valence-corrected chi connectivity index (χ1v) is 5.16. The second-order valence-electron chi connectivity index (χ2n) is 2.68. The molecular weight excluding hydrogens is 218 g/mol. The highest BCUT2D eigenvalue weighted by molar-refractivity contribution is 8.13. The minimum Gasteiger partial charge on any atom is -0.288 e. The zero-order valence-electron chi connectivity index (χ0n) is 8.01. The Labute approximate surface area is 90.9 Å². The highest BCUT2D eigenvalue weighted by Crippen LogP contribution is 2.09. The lowest BCUT2D eigenvalue weighted by Gasteiger charge is -1.94. The van der Waals surface area contributed by atoms with Gasteiger partial charge in [0.05, 0.1) is 11.3 Å². The first-order valence-electron chi connectivity index (χ1n) is 4.17. The zero-order chi connectivity index (χ0) is 11.3. The van der Waals surface area contributed by atoms with Crippen molar-refractivity contribution >= 4 is 16.9 Å². The molecule has 0 unspecified atom stereocenters. The molecule has 0 saturated carbocycles. The van der Waals surface area contributed by atoms with E-state index in [0.717, 1.165) is 17.8 Å². The van der Waals surface area contributed by atoms with Crippen LogP contribution < -0.4 is 0 Å². The summed E-state index contributed by atoms with van der Waals surface area (Å²) in [7, 11) is 0. The topological polar surface area (TPSA) is 17.1 Å². The van der Waals surface area contributed by atoms with Crippen LogP contribution in [-0.2, 0) is 4.79 Å². The van der Waals surface area contributed by atoms with Crippen LogP contribution in [0.5, 0.6) is 0 Å². The third-order valence-electron chi connectivity index (χ3n) is 1.52. The van der Waals surface area contributed by atoms with E-state index < -0.39 is 11.6 Å². The molecule has 0 heterocycles. The average Bonchev–Trinajstić information content (AvgIpc) is 2.18. The van der Waals surface area contributed by atoms with Gasteiger partial charge in [0.15, 0.2) is 16.7 Å². The van der Waals surface area contributed by atoms with Crippen LogP contribution in [0, 0.1) is 23.5 Å². The lowest BCUT2D eigenvalue weighted by atomic mass is 10.2. The zero-order valence-corrected chi connectivity index (χ0v) is 8.83. The third-order valence-corrected chi connectivity index (χ3v) is 2.22. The largest absolute Gasteiger partial charge is 0.288 e. The van der Waals surface area contributed by atoms with Crippen LogP contribution >= 0.6 is 11.8 Å². The molecule has 1 aromatic rings. The van der Waals surface area contributed by atoms with Gasteiger partial charge in [-0.1, -0.05) is 29.7 Å². The maximum Gasteiger partial charge on any atom is 0.186 e. The average molecular weight is 226 g/mol. The molecule has 0 aliphatic carbocycles. The van der Waals surface area contributed by atoms with E-state index in [0.29, 0.717) is 0 Å². The predicted octanol–water partition coefficient (Wildman–Crippen LogP) is 2.60. The summed E-state index contributed by atoms with van der Waals surface area (Å²) in [6, 6.07) is 3.81. The molecule has 0 fully saturated rings. The maximum atomic E-state index is 13.0. The van der Waals surface area contributed by atoms with Gasteiger partial charge in [-0.15, -0.1) is 0 Å². The van der Waals surface area contributed by atoms with E-state index in [1.54, 1.807) is 0 Å². The van der Waals surface area contributed by atoms with E-state index in [-0.39, 0.29) is 16.4 Å². The molecule has 0 aliphatic heterocycles. The van der Waals surface area contributed by atoms with Crippen LogP contribution in [-0.4, -0.2) is 10.9 Å². The summed E-state index contributed by atoms with van der Waals surface area (Å²) in [5.41, 5.74) is 0.0131. The normalized spacial score (nSPS) is 9.27. The number of hydrogen-bond donors (Lipinski definition) is 0. The molecule has 4 heteroatoms. The minimum atomic E-state index is -0.946. The van der Waals surface area contributed by atoms with E-state index in [9.17, 15) is 13.6 Å². The van der Waals surface area contributed by atoms with Gasteiger partial charge < -0.3 is 0 Å². The first-order chi connectivity index (χ1) is 7.11. The minimum absolute atomic E-state index is 0.0131. The molecule has 0 radical (unpaired) electrons. The number of carbonyl (C=O) groups excluding carboxylic acids is 1. The van der Waals surface area contributed by atoms with Gasteiger partial charge in [0.2, 0.25) is 0 Å². The highest BCUT2D eigenvalue weighted by Gasteiger charge is 2.03. The Morgan fingerprint density at radius 3 is 2.87 bits per heavy atom. The Balaban J connectivity index is 2.72. The fourth-order valence-electron chi connectivity index (χ4n) is 0.869. The van der Waals surface area contributed by atoms with E-state index in [2.05, 4.69) is 11.8 Å². The van der Waals surface area contributed by atoms with Crippen LogP contribution in [0.1, 0.15) is 12.5 Å². The van der Waals surface area contributed by atoms with E-state index >= 15 is 0 Å². The molecule has 0 spiro atoms. The van der Waals surface area contributed by atoms with Crippen molar-refractivity contribution in [1.82, 2.24) is 0 Å². The fourth-order valence-corrected chi connectivity index (χ4v) is 1.22. The van der Waals surface area contributed by atoms with E-state index in [4.69, 9.17) is 0 Å². The SMILES string of the molecule is CC(=O)SCC#Cc1cccc(F)c1F. The summed E-state index contributed by atoms with van der Waals surface area (Å²) in [6.45, 7) is 1.43. The van der Waals surface area contributed by atoms with Gasteiger partial charge in [0.25, 0.3) is 0 Å². The number of rotatable bonds is 1. The molecule has 15 heavy (non-hydrogen) atoms. The predicted molar refractivity (Wildman–Crippen MR) is 56.4 cm³/mol. The maximum absolute atomic E-state index is 13.0. The Bertz CT molecular complexity index is 432. The molecule has 0 N–H and O–H groups in total. The van der Waals surface area contributed by atoms with Crippen molar-refractivity contribution < 1.29 is 13.6 Å². The summed E-state index contributed by atoms with van der Waals surface area (Å²) in [6.07, 6.45) is 0. The molecular formula is C11H8F2OS. The Kier molecular flexibility index (Phi) is 4.32. The van der Waals surface area contributed by atoms with Crippen LogP contribution in [0.4, 0.5) is 8.78 Å². The molecule has 78 valence electrons. The lowest BCUT2D eigenvalue weighted by Crippen LogP contribution is -1.89. The quantitative estimate of drug-likeness (QED) is 0.685. The fraction of sp³-hybridized carbons (Fsp3) is 0.182. The summed E-state index contributed by atoms with van der Waals surface area (Å²) in [5.74, 6) is 3.48. The van der Waals surface area contributed by atoms with Gasteiger partial charge in [-0.25, -0.2) is 8.78 Å². The third kappa shape index (κ3) is 3.72. The van der Waals surface area contributed by atoms with Crippen LogP contribution in [0.2, 0.25) is 0 Å². The van der Waals surface area contributed by atoms with Gasteiger partial charge in [-0.05, 0) is 12.1 Å². The van der Waals surface area contributed by atoms with Gasteiger partial charge in [0.1, 0.15) is 0 Å². The summed E-state index contributed by atoms with van der Waals surface area (Å²) in [5, 5.41) is -0.0518. The molecule has 0 aliphatic rings. The van der Waals surface area contributed by atoms with Gasteiger partial charge in [-0.2, -0.15) is 0 Å². The molecule has 1 nitrogen and oxygen atoms in total. The summed E-state index contributed by atoms with van der Waals surface area (Å²) < 4.78 is 25.8. The van der Waals surface area contributed by atoms with Gasteiger partial charge in [0, 0.05) is 6.92 Å². The van der Waals surface area contributed by atoms with Gasteiger partial charge in [-0.3, -0.25) is 4.79 Å². The number of benzene rings is 1. The van der Waals surface area contributed by atoms with Crippen molar-refractivity contribution in [2.24, 2.45) is 0 Å². The number of halogens is 2. The monoisotopic (exact) mass is 226 g/mol. The van der Waals surface area contributed by atoms with E-state index in [1.165, 1.54) is 19.1 Å². The van der Waals surface area contributed by atoms with Crippen LogP contribution in [0.15, 0.2) is 18.2 Å². The molecule has 0 saturated heterocycles. The molecule has 1 aromatic carbocycles. The second-order valence-corrected chi connectivity index (χ2v) is 3.84. The Hall–Kier alpha value is -1.34. The summed E-state index contributed by atoms with van der Waals surface area (Å²) >= 11 is 1.03. The smallest absolute Gasteiger partial charge is 0.186 e. The van der Waals surface area contributed by atoms with Crippen molar-refractivity contribution in [1.29, 1.82) is 0 Å². The van der Waals surface area contributed by atoms with E-state index in [1.807, 2.05) is 0 Å². The van der Waals surface area contributed by atoms with Crippen molar-refractivity contribution in [2.75, 3.05) is 5.75 Å². The van der Waals surface area contributed by atoms with Crippen LogP contribution in [0.3, 0.4) is 0 Å². The second kappa shape index (κ2) is 5.52. The number of thioether (sulfide) groups is 1. The molecule has 0 atom stereocenters. The molecule has 0 bridgehead atoms. The Morgan fingerprint density at radius 2 is 2.20 bits per heavy atom. The number of carbonyl (C=O) groups is 1. The van der Waals surface area contributed by atoms with Crippen molar-refractivity contribution in [3.8, 4) is 11.8 Å². The molecule has 0 amide bonds. The van der Waals surface area contributed by atoms with Crippen molar-refractivity contribution in [3.63, 3.8) is 0 Å². The molecule has 0 aromatic heterocycles. The van der Waals surface area contributed by atoms with Gasteiger partial charge >= 0.3 is 0 Å². The highest BCUT2D eigenvalue weighted by atomic mass is 32.2. The Morgan fingerprint density at radius 1 is 1.47 bits per heavy atom. The standard InChI is InChI=1S/C11H8F2OS/c1-8(14)15-7-3-5-9-4-2-6-10(12)11(9)13/h2,4,6H,7H2,1H3. The van der Waals surface area contributed by atoms with Crippen molar-refractivity contribution in [3.05, 3.63) is 35.4 Å². The number of hydrogen-bond acceptors (Lipinski definition) is 2. The lowest BCUT2D eigenvalue weighted by molar-refractivity contribution is -0.109.